The summed E-state index contributed by atoms with van der Waals surface area (Å²) in [6.07, 6.45) is 0. The molecule has 0 aliphatic rings. The van der Waals surface area contributed by atoms with Crippen LogP contribution < -0.4 is 0 Å². The Balaban J connectivity index is 1.71. The molecular formula is C12H10ClN5S2. The lowest BCUT2D eigenvalue weighted by atomic mass is 10.1. The molecule has 0 saturated carbocycles. The van der Waals surface area contributed by atoms with E-state index in [-0.39, 0.29) is 0 Å². The molecule has 5 nitrogen and oxygen atoms in total. The molecule has 0 aliphatic carbocycles. The Hall–Kier alpha value is -1.44. The van der Waals surface area contributed by atoms with Gasteiger partial charge in [0.05, 0.1) is 0 Å². The third kappa shape index (κ3) is 3.00. The van der Waals surface area contributed by atoms with Gasteiger partial charge in [-0.3, -0.25) is 5.10 Å². The number of aromatic amines is 1. The van der Waals surface area contributed by atoms with Gasteiger partial charge in [-0.2, -0.15) is 0 Å². The maximum absolute atomic E-state index is 5.95. The van der Waals surface area contributed by atoms with Gasteiger partial charge < -0.3 is 0 Å². The fourth-order valence-corrected chi connectivity index (χ4v) is 3.10. The average molecular weight is 324 g/mol. The number of benzene rings is 1. The molecule has 8 heteroatoms. The molecule has 0 radical (unpaired) electrons. The predicted octanol–water partition coefficient (Wildman–Crippen LogP) is 3.58. The summed E-state index contributed by atoms with van der Waals surface area (Å²) in [5, 5.41) is 11.7. The number of halogens is 1. The number of rotatable bonds is 4. The first kappa shape index (κ1) is 13.5. The summed E-state index contributed by atoms with van der Waals surface area (Å²) in [5.41, 5.74) is 3.00. The highest BCUT2D eigenvalue weighted by molar-refractivity contribution is 7.98. The second kappa shape index (κ2) is 5.90. The Morgan fingerprint density at radius 2 is 2.10 bits per heavy atom. The smallest absolute Gasteiger partial charge is 0.209 e. The molecule has 0 fully saturated rings. The van der Waals surface area contributed by atoms with Gasteiger partial charge in [0.15, 0.2) is 5.82 Å². The van der Waals surface area contributed by atoms with Crippen LogP contribution in [0.1, 0.15) is 11.3 Å². The van der Waals surface area contributed by atoms with Gasteiger partial charge in [-0.25, -0.2) is 4.98 Å². The fraction of sp³-hybridized carbons (Fsp3) is 0.167. The SMILES string of the molecule is Cc1ccc(-c2nc(SCc3nnsc3Cl)n[nH]2)cc1. The first-order valence-corrected chi connectivity index (χ1v) is 7.95. The van der Waals surface area contributed by atoms with E-state index in [2.05, 4.69) is 31.7 Å². The van der Waals surface area contributed by atoms with Crippen molar-refractivity contribution < 1.29 is 0 Å². The van der Waals surface area contributed by atoms with E-state index in [9.17, 15) is 0 Å². The number of aryl methyl sites for hydroxylation is 1. The predicted molar refractivity (Wildman–Crippen MR) is 81.0 cm³/mol. The molecule has 0 unspecified atom stereocenters. The summed E-state index contributed by atoms with van der Waals surface area (Å²) in [6.45, 7) is 2.05. The molecule has 20 heavy (non-hydrogen) atoms. The summed E-state index contributed by atoms with van der Waals surface area (Å²) in [4.78, 5) is 4.45. The normalized spacial score (nSPS) is 10.9. The first-order chi connectivity index (χ1) is 9.72. The van der Waals surface area contributed by atoms with Crippen molar-refractivity contribution in [3.05, 3.63) is 39.9 Å². The number of hydrogen-bond acceptors (Lipinski definition) is 6. The van der Waals surface area contributed by atoms with Crippen LogP contribution in [0.2, 0.25) is 4.34 Å². The summed E-state index contributed by atoms with van der Waals surface area (Å²) in [7, 11) is 0. The highest BCUT2D eigenvalue weighted by Crippen LogP contribution is 2.26. The fourth-order valence-electron chi connectivity index (χ4n) is 1.57. The van der Waals surface area contributed by atoms with Crippen LogP contribution in [-0.4, -0.2) is 24.8 Å². The van der Waals surface area contributed by atoms with E-state index in [1.165, 1.54) is 28.9 Å². The zero-order valence-corrected chi connectivity index (χ0v) is 12.9. The van der Waals surface area contributed by atoms with Crippen molar-refractivity contribution in [3.8, 4) is 11.4 Å². The number of H-pyrrole nitrogens is 1. The molecule has 0 atom stereocenters. The third-order valence-electron chi connectivity index (χ3n) is 2.64. The Bertz CT molecular complexity index is 707. The maximum Gasteiger partial charge on any atom is 0.209 e. The monoisotopic (exact) mass is 323 g/mol. The molecule has 1 aromatic carbocycles. The topological polar surface area (TPSA) is 67.3 Å². The summed E-state index contributed by atoms with van der Waals surface area (Å²) < 4.78 is 4.41. The Labute approximate surface area is 129 Å². The van der Waals surface area contributed by atoms with Crippen LogP contribution in [0.15, 0.2) is 29.4 Å². The molecule has 0 saturated heterocycles. The van der Waals surface area contributed by atoms with Crippen molar-refractivity contribution in [2.45, 2.75) is 17.8 Å². The third-order valence-corrected chi connectivity index (χ3v) is 4.48. The van der Waals surface area contributed by atoms with Crippen molar-refractivity contribution in [1.82, 2.24) is 24.8 Å². The van der Waals surface area contributed by atoms with Gasteiger partial charge in [0, 0.05) is 22.8 Å². The van der Waals surface area contributed by atoms with Gasteiger partial charge in [0.2, 0.25) is 5.16 Å². The Morgan fingerprint density at radius 1 is 1.30 bits per heavy atom. The molecule has 3 aromatic rings. The highest BCUT2D eigenvalue weighted by atomic mass is 35.5. The molecular weight excluding hydrogens is 314 g/mol. The number of nitrogens with zero attached hydrogens (tertiary/aromatic N) is 4. The molecule has 2 aromatic heterocycles. The van der Waals surface area contributed by atoms with Crippen LogP contribution in [-0.2, 0) is 5.75 Å². The van der Waals surface area contributed by atoms with Crippen LogP contribution in [0, 0.1) is 6.92 Å². The Morgan fingerprint density at radius 3 is 2.80 bits per heavy atom. The van der Waals surface area contributed by atoms with E-state index in [1.807, 2.05) is 24.3 Å². The van der Waals surface area contributed by atoms with Crippen LogP contribution >= 0.6 is 34.9 Å². The van der Waals surface area contributed by atoms with E-state index >= 15 is 0 Å². The van der Waals surface area contributed by atoms with Gasteiger partial charge in [-0.05, 0) is 6.92 Å². The zero-order valence-electron chi connectivity index (χ0n) is 10.5. The van der Waals surface area contributed by atoms with Crippen molar-refractivity contribution >= 4 is 34.9 Å². The second-order valence-electron chi connectivity index (χ2n) is 4.11. The number of thioether (sulfide) groups is 1. The summed E-state index contributed by atoms with van der Waals surface area (Å²) in [6, 6.07) is 8.13. The van der Waals surface area contributed by atoms with Crippen molar-refractivity contribution in [3.63, 3.8) is 0 Å². The minimum absolute atomic E-state index is 0.612. The van der Waals surface area contributed by atoms with Crippen LogP contribution in [0.3, 0.4) is 0 Å². The van der Waals surface area contributed by atoms with Crippen LogP contribution in [0.5, 0.6) is 0 Å². The molecule has 2 heterocycles. The van der Waals surface area contributed by atoms with Crippen molar-refractivity contribution in [1.29, 1.82) is 0 Å². The van der Waals surface area contributed by atoms with Crippen molar-refractivity contribution in [2.24, 2.45) is 0 Å². The highest BCUT2D eigenvalue weighted by Gasteiger charge is 2.10. The zero-order chi connectivity index (χ0) is 13.9. The van der Waals surface area contributed by atoms with Gasteiger partial charge in [0.1, 0.15) is 10.0 Å². The molecule has 3 rings (SSSR count). The average Bonchev–Trinajstić information content (AvgIpc) is 3.06. The standard InChI is InChI=1S/C12H10ClN5S2/c1-7-2-4-8(5-3-7)11-14-12(17-16-11)19-6-9-10(13)20-18-15-9/h2-5H,6H2,1H3,(H,14,16,17). The quantitative estimate of drug-likeness (QED) is 0.743. The van der Waals surface area contributed by atoms with Crippen LogP contribution in [0.4, 0.5) is 0 Å². The maximum atomic E-state index is 5.95. The number of hydrogen-bond donors (Lipinski definition) is 1. The molecule has 0 amide bonds. The van der Waals surface area contributed by atoms with Gasteiger partial charge in [-0.15, -0.1) is 10.2 Å². The summed E-state index contributed by atoms with van der Waals surface area (Å²) in [5.74, 6) is 1.37. The molecule has 0 spiro atoms. The molecule has 102 valence electrons. The number of nitrogens with one attached hydrogen (secondary N) is 1. The van der Waals surface area contributed by atoms with E-state index in [4.69, 9.17) is 11.6 Å². The summed E-state index contributed by atoms with van der Waals surface area (Å²) >= 11 is 8.62. The largest absolute Gasteiger partial charge is 0.258 e. The lowest BCUT2D eigenvalue weighted by molar-refractivity contribution is 0.970. The van der Waals surface area contributed by atoms with E-state index < -0.39 is 0 Å². The molecule has 1 N–H and O–H groups in total. The van der Waals surface area contributed by atoms with Gasteiger partial charge in [0.25, 0.3) is 0 Å². The first-order valence-electron chi connectivity index (χ1n) is 5.81. The van der Waals surface area contributed by atoms with E-state index in [0.29, 0.717) is 15.2 Å². The molecule has 0 aliphatic heterocycles. The van der Waals surface area contributed by atoms with E-state index in [0.717, 1.165) is 17.1 Å². The minimum atomic E-state index is 0.612. The van der Waals surface area contributed by atoms with Crippen molar-refractivity contribution in [2.75, 3.05) is 0 Å². The lowest BCUT2D eigenvalue weighted by Gasteiger charge is -1.96. The minimum Gasteiger partial charge on any atom is -0.258 e. The van der Waals surface area contributed by atoms with Gasteiger partial charge >= 0.3 is 0 Å². The number of aromatic nitrogens is 5. The Kier molecular flexibility index (Phi) is 4.00. The van der Waals surface area contributed by atoms with Gasteiger partial charge in [-0.1, -0.05) is 57.7 Å². The second-order valence-corrected chi connectivity index (χ2v) is 6.41. The molecule has 0 bridgehead atoms. The van der Waals surface area contributed by atoms with Crippen LogP contribution in [0.25, 0.3) is 11.4 Å². The lowest BCUT2D eigenvalue weighted by Crippen LogP contribution is -1.83. The van der Waals surface area contributed by atoms with E-state index in [1.54, 1.807) is 0 Å².